The third kappa shape index (κ3) is 4.22. The molecule has 16 heavy (non-hydrogen) atoms. The molecule has 2 aromatic rings. The van der Waals surface area contributed by atoms with Crippen LogP contribution in [0.2, 0.25) is 0 Å². The fourth-order valence-electron chi connectivity index (χ4n) is 1.03. The van der Waals surface area contributed by atoms with E-state index in [1.807, 2.05) is 0 Å². The lowest BCUT2D eigenvalue weighted by molar-refractivity contribution is 1.96. The maximum atomic E-state index is 2.14. The normalized spacial score (nSPS) is 11.8. The summed E-state index contributed by atoms with van der Waals surface area (Å²) in [5.74, 6) is 0. The summed E-state index contributed by atoms with van der Waals surface area (Å²) in [7, 11) is 3.47. The highest BCUT2D eigenvalue weighted by atomic mass is 33.1. The van der Waals surface area contributed by atoms with E-state index in [-0.39, 0.29) is 0 Å². The summed E-state index contributed by atoms with van der Waals surface area (Å²) in [6, 6.07) is 8.37. The van der Waals surface area contributed by atoms with Crippen molar-refractivity contribution in [3.8, 4) is 0 Å². The Morgan fingerprint density at radius 3 is 1.69 bits per heavy atom. The van der Waals surface area contributed by atoms with Crippen LogP contribution in [0.5, 0.6) is 0 Å². The van der Waals surface area contributed by atoms with Crippen LogP contribution in [0.3, 0.4) is 0 Å². The first-order chi connectivity index (χ1) is 7.95. The van der Waals surface area contributed by atoms with Crippen molar-refractivity contribution >= 4 is 56.4 Å². The van der Waals surface area contributed by atoms with Crippen molar-refractivity contribution in [2.24, 2.45) is 0 Å². The lowest BCUT2D eigenvalue weighted by Gasteiger charge is -1.86. The Hall–Kier alpha value is -0.420. The van der Waals surface area contributed by atoms with Crippen LogP contribution in [-0.4, -0.2) is 0 Å². The molecule has 0 aliphatic carbocycles. The van der Waals surface area contributed by atoms with Crippen LogP contribution in [0.25, 0.3) is 12.2 Å². The zero-order valence-corrected chi connectivity index (χ0v) is 11.7. The van der Waals surface area contributed by atoms with Crippen LogP contribution >= 0.6 is 44.3 Å². The lowest BCUT2D eigenvalue weighted by atomic mass is 10.5. The molecule has 2 rings (SSSR count). The summed E-state index contributed by atoms with van der Waals surface area (Å²) in [4.78, 5) is 2.60. The average Bonchev–Trinajstić information content (AvgIpc) is 2.96. The monoisotopic (exact) mass is 282 g/mol. The van der Waals surface area contributed by atoms with Crippen molar-refractivity contribution in [1.82, 2.24) is 0 Å². The highest BCUT2D eigenvalue weighted by molar-refractivity contribution is 8.79. The third-order valence-corrected chi connectivity index (χ3v) is 5.00. The van der Waals surface area contributed by atoms with E-state index in [1.54, 1.807) is 44.3 Å². The Bertz CT molecular complexity index is 393. The molecule has 0 aromatic carbocycles. The van der Waals surface area contributed by atoms with E-state index in [4.69, 9.17) is 0 Å². The van der Waals surface area contributed by atoms with Gasteiger partial charge in [0.2, 0.25) is 0 Å². The maximum Gasteiger partial charge on any atom is 0.0275 e. The molecule has 0 bridgehead atoms. The maximum absolute atomic E-state index is 2.14. The van der Waals surface area contributed by atoms with E-state index in [1.165, 1.54) is 9.75 Å². The molecule has 0 fully saturated rings. The molecular weight excluding hydrogens is 272 g/mol. The first kappa shape index (κ1) is 12.0. The second-order valence-corrected chi connectivity index (χ2v) is 6.87. The van der Waals surface area contributed by atoms with Crippen molar-refractivity contribution in [3.05, 3.63) is 55.6 Å². The molecule has 4 heteroatoms. The molecule has 0 nitrogen and oxygen atoms in total. The summed E-state index contributed by atoms with van der Waals surface area (Å²) in [5, 5.41) is 8.42. The minimum atomic E-state index is 1.30. The van der Waals surface area contributed by atoms with Gasteiger partial charge in [-0.3, -0.25) is 0 Å². The van der Waals surface area contributed by atoms with Crippen LogP contribution < -0.4 is 0 Å². The van der Waals surface area contributed by atoms with E-state index in [0.717, 1.165) is 0 Å². The van der Waals surface area contributed by atoms with E-state index >= 15 is 0 Å². The van der Waals surface area contributed by atoms with Crippen LogP contribution in [0.4, 0.5) is 0 Å². The molecular formula is C12H10S4. The number of thiophene rings is 2. The summed E-state index contributed by atoms with van der Waals surface area (Å²) in [6.45, 7) is 0. The molecule has 2 aromatic heterocycles. The van der Waals surface area contributed by atoms with Crippen LogP contribution in [0, 0.1) is 0 Å². The SMILES string of the molecule is C(=Cc1cccs1)SSC=Cc1cccs1. The predicted molar refractivity (Wildman–Crippen MR) is 81.9 cm³/mol. The fraction of sp³-hybridized carbons (Fsp3) is 0. The molecule has 0 amide bonds. The zero-order chi connectivity index (χ0) is 11.1. The van der Waals surface area contributed by atoms with Crippen molar-refractivity contribution < 1.29 is 0 Å². The molecule has 2 heterocycles. The van der Waals surface area contributed by atoms with Gasteiger partial charge in [-0.15, -0.1) is 22.7 Å². The summed E-state index contributed by atoms with van der Waals surface area (Å²) in [5.41, 5.74) is 0. The Morgan fingerprint density at radius 2 is 1.31 bits per heavy atom. The van der Waals surface area contributed by atoms with E-state index < -0.39 is 0 Å². The smallest absolute Gasteiger partial charge is 0.0275 e. The molecule has 82 valence electrons. The van der Waals surface area contributed by atoms with Gasteiger partial charge in [0, 0.05) is 9.75 Å². The van der Waals surface area contributed by atoms with Crippen molar-refractivity contribution in [1.29, 1.82) is 0 Å². The van der Waals surface area contributed by atoms with Gasteiger partial charge in [-0.2, -0.15) is 0 Å². The Kier molecular flexibility index (Phi) is 5.28. The fourth-order valence-corrected chi connectivity index (χ4v) is 3.69. The Labute approximate surface area is 111 Å². The van der Waals surface area contributed by atoms with Gasteiger partial charge in [0.1, 0.15) is 0 Å². The number of rotatable bonds is 5. The van der Waals surface area contributed by atoms with Crippen LogP contribution in [0.1, 0.15) is 9.75 Å². The minimum Gasteiger partial charge on any atom is -0.144 e. The first-order valence-corrected chi connectivity index (χ1v) is 8.71. The standard InChI is InChI=1S/C12H10S4/c1-3-11(13-7-1)5-9-15-16-10-6-12-4-2-8-14-12/h1-10H. The predicted octanol–water partition coefficient (Wildman–Crippen LogP) is 5.83. The summed E-state index contributed by atoms with van der Waals surface area (Å²) >= 11 is 3.52. The van der Waals surface area contributed by atoms with Gasteiger partial charge in [-0.25, -0.2) is 0 Å². The molecule has 0 saturated heterocycles. The highest BCUT2D eigenvalue weighted by Crippen LogP contribution is 2.26. The van der Waals surface area contributed by atoms with E-state index in [2.05, 4.69) is 58.0 Å². The zero-order valence-electron chi connectivity index (χ0n) is 8.41. The molecule has 0 unspecified atom stereocenters. The van der Waals surface area contributed by atoms with Gasteiger partial charge in [-0.05, 0) is 45.9 Å². The largest absolute Gasteiger partial charge is 0.144 e. The van der Waals surface area contributed by atoms with E-state index in [0.29, 0.717) is 0 Å². The number of hydrogen-bond donors (Lipinski definition) is 0. The van der Waals surface area contributed by atoms with Gasteiger partial charge < -0.3 is 0 Å². The highest BCUT2D eigenvalue weighted by Gasteiger charge is 1.86. The second kappa shape index (κ2) is 7.01. The molecule has 0 aliphatic heterocycles. The average molecular weight is 282 g/mol. The van der Waals surface area contributed by atoms with Crippen LogP contribution in [0.15, 0.2) is 45.8 Å². The van der Waals surface area contributed by atoms with E-state index in [9.17, 15) is 0 Å². The van der Waals surface area contributed by atoms with Gasteiger partial charge >= 0.3 is 0 Å². The molecule has 0 radical (unpaired) electrons. The minimum absolute atomic E-state index is 1.30. The first-order valence-electron chi connectivity index (χ1n) is 4.67. The van der Waals surface area contributed by atoms with Gasteiger partial charge in [0.15, 0.2) is 0 Å². The Balaban J connectivity index is 1.69. The lowest BCUT2D eigenvalue weighted by Crippen LogP contribution is -1.53. The molecule has 0 saturated carbocycles. The second-order valence-electron chi connectivity index (χ2n) is 2.83. The number of hydrogen-bond acceptors (Lipinski definition) is 4. The summed E-state index contributed by atoms with van der Waals surface area (Å²) in [6.07, 6.45) is 4.28. The van der Waals surface area contributed by atoms with Crippen molar-refractivity contribution in [2.75, 3.05) is 0 Å². The molecule has 0 atom stereocenters. The van der Waals surface area contributed by atoms with Gasteiger partial charge in [0.25, 0.3) is 0 Å². The third-order valence-electron chi connectivity index (χ3n) is 1.72. The van der Waals surface area contributed by atoms with Crippen molar-refractivity contribution in [2.45, 2.75) is 0 Å². The summed E-state index contributed by atoms with van der Waals surface area (Å²) < 4.78 is 0. The molecule has 0 aliphatic rings. The Morgan fingerprint density at radius 1 is 0.812 bits per heavy atom. The topological polar surface area (TPSA) is 0 Å². The van der Waals surface area contributed by atoms with Gasteiger partial charge in [0.05, 0.1) is 0 Å². The molecule has 0 N–H and O–H groups in total. The van der Waals surface area contributed by atoms with Gasteiger partial charge in [-0.1, -0.05) is 33.7 Å². The molecule has 0 spiro atoms. The quantitative estimate of drug-likeness (QED) is 0.499. The van der Waals surface area contributed by atoms with Crippen molar-refractivity contribution in [3.63, 3.8) is 0 Å². The van der Waals surface area contributed by atoms with Crippen LogP contribution in [-0.2, 0) is 0 Å².